The van der Waals surface area contributed by atoms with Crippen molar-refractivity contribution >= 4 is 17.3 Å². The van der Waals surface area contributed by atoms with E-state index in [1.165, 1.54) is 12.8 Å². The van der Waals surface area contributed by atoms with Crippen LogP contribution in [0.1, 0.15) is 25.3 Å². The monoisotopic (exact) mass is 239 g/mol. The van der Waals surface area contributed by atoms with Gasteiger partial charge in [0.05, 0.1) is 6.61 Å². The van der Waals surface area contributed by atoms with Gasteiger partial charge in [-0.05, 0) is 24.5 Å². The Bertz CT molecular complexity index is 367. The molecule has 1 heterocycles. The maximum absolute atomic E-state index is 9.32. The lowest BCUT2D eigenvalue weighted by Crippen LogP contribution is -2.21. The molecule has 0 bridgehead atoms. The molecule has 1 atom stereocenters. The number of hydrogen-bond acceptors (Lipinski definition) is 2. The number of aliphatic hydroxyl groups excluding tert-OH is 1. The van der Waals surface area contributed by atoms with Crippen LogP contribution in [0.4, 0.5) is 5.69 Å². The lowest BCUT2D eigenvalue weighted by molar-refractivity contribution is 0.282. The van der Waals surface area contributed by atoms with Crippen LogP contribution >= 0.6 is 11.6 Å². The van der Waals surface area contributed by atoms with E-state index in [1.54, 1.807) is 0 Å². The van der Waals surface area contributed by atoms with E-state index >= 15 is 0 Å². The molecule has 1 fully saturated rings. The molecule has 1 N–H and O–H groups in total. The first kappa shape index (κ1) is 11.7. The van der Waals surface area contributed by atoms with Gasteiger partial charge in [-0.2, -0.15) is 0 Å². The normalized spacial score (nSPS) is 20.4. The minimum absolute atomic E-state index is 0.0831. The lowest BCUT2D eigenvalue weighted by Gasteiger charge is -2.21. The molecule has 16 heavy (non-hydrogen) atoms. The summed E-state index contributed by atoms with van der Waals surface area (Å²) in [6.45, 7) is 4.48. The minimum atomic E-state index is 0.0831. The zero-order valence-electron chi connectivity index (χ0n) is 9.62. The van der Waals surface area contributed by atoms with Crippen LogP contribution in [0.5, 0.6) is 0 Å². The Labute approximate surface area is 102 Å². The third-order valence-electron chi connectivity index (χ3n) is 3.42. The second-order valence-corrected chi connectivity index (χ2v) is 4.88. The van der Waals surface area contributed by atoms with E-state index in [2.05, 4.69) is 11.8 Å². The number of halogens is 1. The Balaban J connectivity index is 2.22. The van der Waals surface area contributed by atoms with Crippen LogP contribution in [0.2, 0.25) is 5.02 Å². The smallest absolute Gasteiger partial charge is 0.0702 e. The van der Waals surface area contributed by atoms with Gasteiger partial charge in [-0.25, -0.2) is 0 Å². The predicted molar refractivity (Wildman–Crippen MR) is 68.0 cm³/mol. The lowest BCUT2D eigenvalue weighted by atomic mass is 10.1. The molecule has 1 aliphatic heterocycles. The van der Waals surface area contributed by atoms with Crippen LogP contribution in [0.25, 0.3) is 0 Å². The summed E-state index contributed by atoms with van der Waals surface area (Å²) < 4.78 is 0. The summed E-state index contributed by atoms with van der Waals surface area (Å²) in [7, 11) is 0. The number of aliphatic hydroxyl groups is 1. The zero-order chi connectivity index (χ0) is 11.5. The molecule has 1 aliphatic rings. The second kappa shape index (κ2) is 5.07. The minimum Gasteiger partial charge on any atom is -0.392 e. The van der Waals surface area contributed by atoms with Gasteiger partial charge in [0.15, 0.2) is 0 Å². The number of benzene rings is 1. The van der Waals surface area contributed by atoms with Crippen LogP contribution in [0.15, 0.2) is 18.2 Å². The summed E-state index contributed by atoms with van der Waals surface area (Å²) in [6, 6.07) is 5.71. The zero-order valence-corrected chi connectivity index (χ0v) is 10.4. The van der Waals surface area contributed by atoms with Gasteiger partial charge < -0.3 is 10.0 Å². The van der Waals surface area contributed by atoms with Crippen LogP contribution in [-0.4, -0.2) is 18.2 Å². The Morgan fingerprint density at radius 2 is 2.31 bits per heavy atom. The van der Waals surface area contributed by atoms with Crippen molar-refractivity contribution in [1.82, 2.24) is 0 Å². The number of anilines is 1. The summed E-state index contributed by atoms with van der Waals surface area (Å²) >= 11 is 6.01. The van der Waals surface area contributed by atoms with Gasteiger partial charge in [0.1, 0.15) is 0 Å². The van der Waals surface area contributed by atoms with Crippen molar-refractivity contribution in [3.05, 3.63) is 28.8 Å². The van der Waals surface area contributed by atoms with Gasteiger partial charge in [0.2, 0.25) is 0 Å². The van der Waals surface area contributed by atoms with Gasteiger partial charge in [-0.1, -0.05) is 31.0 Å². The van der Waals surface area contributed by atoms with E-state index in [0.29, 0.717) is 0 Å². The molecular formula is C13H18ClNO. The molecule has 0 spiro atoms. The number of nitrogens with zero attached hydrogens (tertiary/aromatic N) is 1. The van der Waals surface area contributed by atoms with E-state index in [0.717, 1.165) is 35.3 Å². The van der Waals surface area contributed by atoms with Crippen LogP contribution in [0, 0.1) is 5.92 Å². The molecule has 0 saturated carbocycles. The van der Waals surface area contributed by atoms with Crippen LogP contribution in [-0.2, 0) is 6.61 Å². The molecule has 2 nitrogen and oxygen atoms in total. The summed E-state index contributed by atoms with van der Waals surface area (Å²) in [6.07, 6.45) is 2.47. The van der Waals surface area contributed by atoms with Crippen molar-refractivity contribution in [1.29, 1.82) is 0 Å². The first-order valence-corrected chi connectivity index (χ1v) is 6.26. The quantitative estimate of drug-likeness (QED) is 0.877. The van der Waals surface area contributed by atoms with Crippen molar-refractivity contribution in [3.8, 4) is 0 Å². The average molecular weight is 240 g/mol. The van der Waals surface area contributed by atoms with Crippen molar-refractivity contribution in [2.24, 2.45) is 5.92 Å². The molecule has 0 aromatic heterocycles. The van der Waals surface area contributed by atoms with Crippen molar-refractivity contribution < 1.29 is 5.11 Å². The molecule has 0 radical (unpaired) electrons. The van der Waals surface area contributed by atoms with Crippen molar-refractivity contribution in [2.75, 3.05) is 18.0 Å². The summed E-state index contributed by atoms with van der Waals surface area (Å²) in [5.41, 5.74) is 2.08. The van der Waals surface area contributed by atoms with E-state index in [4.69, 9.17) is 11.6 Å². The topological polar surface area (TPSA) is 23.5 Å². The molecule has 3 heteroatoms. The molecule has 1 saturated heterocycles. The van der Waals surface area contributed by atoms with E-state index < -0.39 is 0 Å². The Kier molecular flexibility index (Phi) is 3.72. The third kappa shape index (κ3) is 2.33. The second-order valence-electron chi connectivity index (χ2n) is 4.44. The highest BCUT2D eigenvalue weighted by Gasteiger charge is 2.22. The van der Waals surface area contributed by atoms with Crippen molar-refractivity contribution in [3.63, 3.8) is 0 Å². The summed E-state index contributed by atoms with van der Waals surface area (Å²) in [5, 5.41) is 10.1. The highest BCUT2D eigenvalue weighted by Crippen LogP contribution is 2.30. The highest BCUT2D eigenvalue weighted by molar-refractivity contribution is 6.30. The van der Waals surface area contributed by atoms with E-state index in [-0.39, 0.29) is 6.61 Å². The number of hydrogen-bond donors (Lipinski definition) is 1. The first-order valence-electron chi connectivity index (χ1n) is 5.88. The summed E-state index contributed by atoms with van der Waals surface area (Å²) in [5.74, 6) is 0.783. The first-order chi connectivity index (χ1) is 7.74. The fourth-order valence-corrected chi connectivity index (χ4v) is 2.52. The molecular weight excluding hydrogens is 222 g/mol. The van der Waals surface area contributed by atoms with Crippen LogP contribution in [0.3, 0.4) is 0 Å². The Hall–Kier alpha value is -0.730. The maximum Gasteiger partial charge on any atom is 0.0702 e. The molecule has 0 aliphatic carbocycles. The van der Waals surface area contributed by atoms with Gasteiger partial charge >= 0.3 is 0 Å². The van der Waals surface area contributed by atoms with Gasteiger partial charge in [-0.15, -0.1) is 0 Å². The van der Waals surface area contributed by atoms with Gasteiger partial charge in [0.25, 0.3) is 0 Å². The standard InChI is InChI=1S/C13H18ClNO/c1-2-10-5-6-15(8-10)13-7-12(14)4-3-11(13)9-16/h3-4,7,10,16H,2,5-6,8-9H2,1H3. The summed E-state index contributed by atoms with van der Waals surface area (Å²) in [4.78, 5) is 2.34. The molecule has 0 amide bonds. The SMILES string of the molecule is CCC1CCN(c2cc(Cl)ccc2CO)C1. The maximum atomic E-state index is 9.32. The molecule has 2 rings (SSSR count). The Morgan fingerprint density at radius 1 is 1.50 bits per heavy atom. The molecule has 1 unspecified atom stereocenters. The molecule has 1 aromatic carbocycles. The van der Waals surface area contributed by atoms with E-state index in [1.807, 2.05) is 18.2 Å². The van der Waals surface area contributed by atoms with E-state index in [9.17, 15) is 5.11 Å². The Morgan fingerprint density at radius 3 is 2.94 bits per heavy atom. The largest absolute Gasteiger partial charge is 0.392 e. The fourth-order valence-electron chi connectivity index (χ4n) is 2.35. The van der Waals surface area contributed by atoms with Crippen molar-refractivity contribution in [2.45, 2.75) is 26.4 Å². The van der Waals surface area contributed by atoms with Gasteiger partial charge in [-0.3, -0.25) is 0 Å². The molecule has 1 aromatic rings. The molecule has 88 valence electrons. The average Bonchev–Trinajstić information content (AvgIpc) is 2.77. The number of rotatable bonds is 3. The van der Waals surface area contributed by atoms with Gasteiger partial charge in [0, 0.05) is 29.4 Å². The van der Waals surface area contributed by atoms with Crippen LogP contribution < -0.4 is 4.90 Å². The highest BCUT2D eigenvalue weighted by atomic mass is 35.5. The predicted octanol–water partition coefficient (Wildman–Crippen LogP) is 3.07. The third-order valence-corrected chi connectivity index (χ3v) is 3.66. The fraction of sp³-hybridized carbons (Fsp3) is 0.538.